The molecule has 4 heterocycles. The third-order valence-electron chi connectivity index (χ3n) is 6.64. The smallest absolute Gasteiger partial charge is 0.298 e. The third-order valence-corrected chi connectivity index (χ3v) is 7.66. The average molecular weight is 513 g/mol. The summed E-state index contributed by atoms with van der Waals surface area (Å²) >= 11 is 1.20. The van der Waals surface area contributed by atoms with Crippen molar-refractivity contribution in [2.75, 3.05) is 36.9 Å². The second-order valence-electron chi connectivity index (χ2n) is 8.96. The Balaban J connectivity index is 1.40. The molecule has 1 atom stereocenters. The molecule has 2 aliphatic rings. The molecule has 0 spiro atoms. The lowest BCUT2D eigenvalue weighted by atomic mass is 10.1. The number of likely N-dealkylation sites (tertiary alicyclic amines) is 1. The Morgan fingerprint density at radius 3 is 2.78 bits per heavy atom. The molecule has 2 aliphatic heterocycles. The number of carbonyl (C=O) groups excluding carboxylic acids is 1. The van der Waals surface area contributed by atoms with Crippen LogP contribution in [0.2, 0.25) is 0 Å². The van der Waals surface area contributed by atoms with Crippen molar-refractivity contribution in [1.29, 1.82) is 0 Å². The summed E-state index contributed by atoms with van der Waals surface area (Å²) in [5.74, 6) is 0.377. The number of hydrogen-bond acceptors (Lipinski definition) is 8. The molecule has 2 aromatic heterocycles. The number of nitrogens with zero attached hydrogens (tertiary/aromatic N) is 4. The lowest BCUT2D eigenvalue weighted by Crippen LogP contribution is -2.36. The first-order valence-corrected chi connectivity index (χ1v) is 12.8. The molecule has 3 N–H and O–H groups in total. The summed E-state index contributed by atoms with van der Waals surface area (Å²) in [6, 6.07) is 19.9. The molecule has 186 valence electrons. The van der Waals surface area contributed by atoms with Gasteiger partial charge in [0.25, 0.3) is 11.5 Å². The molecule has 2 aromatic carbocycles. The highest BCUT2D eigenvalue weighted by atomic mass is 32.1. The number of aromatic nitrogens is 2. The van der Waals surface area contributed by atoms with Crippen molar-refractivity contribution < 1.29 is 9.53 Å². The van der Waals surface area contributed by atoms with Crippen molar-refractivity contribution in [3.8, 4) is 23.9 Å². The highest BCUT2D eigenvalue weighted by molar-refractivity contribution is 7.20. The zero-order chi connectivity index (χ0) is 25.5. The van der Waals surface area contributed by atoms with Crippen molar-refractivity contribution in [3.63, 3.8) is 0 Å². The number of amides is 1. The highest BCUT2D eigenvalue weighted by Crippen LogP contribution is 2.38. The van der Waals surface area contributed by atoms with Gasteiger partial charge in [0.15, 0.2) is 5.82 Å². The summed E-state index contributed by atoms with van der Waals surface area (Å²) in [4.78, 5) is 35.5. The molecule has 37 heavy (non-hydrogen) atoms. The fraction of sp³-hybridized carbons (Fsp3) is 0.222. The van der Waals surface area contributed by atoms with Gasteiger partial charge in [-0.1, -0.05) is 24.6 Å². The van der Waals surface area contributed by atoms with Gasteiger partial charge in [-0.15, -0.1) is 11.3 Å². The summed E-state index contributed by atoms with van der Waals surface area (Å²) < 4.78 is 7.40. The zero-order valence-electron chi connectivity index (χ0n) is 19.9. The quantitative estimate of drug-likeness (QED) is 0.405. The maximum atomic E-state index is 13.2. The van der Waals surface area contributed by atoms with E-state index in [1.54, 1.807) is 6.07 Å². The minimum Gasteiger partial charge on any atom is -0.490 e. The van der Waals surface area contributed by atoms with E-state index in [-0.39, 0.29) is 17.8 Å². The molecular formula is C27H24N6O3S. The Hall–Kier alpha value is -4.49. The molecule has 1 fully saturated rings. The van der Waals surface area contributed by atoms with Gasteiger partial charge in [0, 0.05) is 30.9 Å². The van der Waals surface area contributed by atoms with Crippen LogP contribution in [0.25, 0.3) is 16.0 Å². The second-order valence-corrected chi connectivity index (χ2v) is 9.99. The average Bonchev–Trinajstić information content (AvgIpc) is 3.56. The van der Waals surface area contributed by atoms with Crippen molar-refractivity contribution in [2.45, 2.75) is 12.5 Å². The van der Waals surface area contributed by atoms with E-state index >= 15 is 0 Å². The SMILES string of the molecule is C#CN1CC[C@H](NC(=O)c2cc3c(nc(N)c(=O)n3-c3ccc4c(c3)N(c3ccccc3)CCO4)s2)C1. The van der Waals surface area contributed by atoms with E-state index in [9.17, 15) is 9.59 Å². The first-order valence-electron chi connectivity index (χ1n) is 12.0. The Bertz CT molecular complexity index is 1610. The summed E-state index contributed by atoms with van der Waals surface area (Å²) in [6.07, 6.45) is 6.26. The van der Waals surface area contributed by atoms with E-state index in [1.807, 2.05) is 53.4 Å². The lowest BCUT2D eigenvalue weighted by Gasteiger charge is -2.31. The van der Waals surface area contributed by atoms with Crippen LogP contribution in [0.15, 0.2) is 59.4 Å². The number of thiophene rings is 1. The molecule has 1 saturated heterocycles. The first-order chi connectivity index (χ1) is 18.0. The van der Waals surface area contributed by atoms with Crippen LogP contribution in [0.5, 0.6) is 5.75 Å². The summed E-state index contributed by atoms with van der Waals surface area (Å²) in [5, 5.41) is 3.04. The number of anilines is 3. The normalized spacial score (nSPS) is 16.8. The number of ether oxygens (including phenoxy) is 1. The van der Waals surface area contributed by atoms with Gasteiger partial charge < -0.3 is 25.6 Å². The minimum atomic E-state index is -0.444. The lowest BCUT2D eigenvalue weighted by molar-refractivity contribution is 0.0943. The van der Waals surface area contributed by atoms with Crippen LogP contribution in [0.1, 0.15) is 16.1 Å². The second kappa shape index (κ2) is 9.19. The fourth-order valence-corrected chi connectivity index (χ4v) is 5.76. The van der Waals surface area contributed by atoms with Crippen LogP contribution < -0.4 is 26.2 Å². The van der Waals surface area contributed by atoms with Gasteiger partial charge in [-0.25, -0.2) is 4.98 Å². The first kappa shape index (κ1) is 22.9. The molecule has 10 heteroatoms. The number of hydrogen-bond donors (Lipinski definition) is 2. The fourth-order valence-electron chi connectivity index (χ4n) is 4.83. The number of nitrogens with two attached hydrogens (primary N) is 1. The predicted molar refractivity (Wildman–Crippen MR) is 145 cm³/mol. The van der Waals surface area contributed by atoms with Gasteiger partial charge in [0.05, 0.1) is 28.3 Å². The third kappa shape index (κ3) is 4.13. The monoisotopic (exact) mass is 512 g/mol. The summed E-state index contributed by atoms with van der Waals surface area (Å²) in [6.45, 7) is 2.58. The Labute approximate surface area is 217 Å². The van der Waals surface area contributed by atoms with Gasteiger partial charge in [0.1, 0.15) is 17.2 Å². The molecule has 0 saturated carbocycles. The molecule has 0 unspecified atom stereocenters. The van der Waals surface area contributed by atoms with Crippen LogP contribution in [0, 0.1) is 12.5 Å². The van der Waals surface area contributed by atoms with Crippen molar-refractivity contribution in [1.82, 2.24) is 19.8 Å². The molecular weight excluding hydrogens is 488 g/mol. The summed E-state index contributed by atoms with van der Waals surface area (Å²) in [5.41, 5.74) is 8.59. The van der Waals surface area contributed by atoms with Crippen LogP contribution >= 0.6 is 11.3 Å². The van der Waals surface area contributed by atoms with Gasteiger partial charge in [0.2, 0.25) is 0 Å². The van der Waals surface area contributed by atoms with Crippen molar-refractivity contribution in [3.05, 3.63) is 69.8 Å². The van der Waals surface area contributed by atoms with Gasteiger partial charge in [-0.2, -0.15) is 0 Å². The molecule has 4 aromatic rings. The number of nitrogen functional groups attached to an aromatic ring is 1. The maximum Gasteiger partial charge on any atom is 0.298 e. The Kier molecular flexibility index (Phi) is 5.70. The Morgan fingerprint density at radius 2 is 2.00 bits per heavy atom. The van der Waals surface area contributed by atoms with Gasteiger partial charge in [-0.3, -0.25) is 14.2 Å². The van der Waals surface area contributed by atoms with Crippen molar-refractivity contribution in [2.24, 2.45) is 0 Å². The molecule has 6 rings (SSSR count). The van der Waals surface area contributed by atoms with E-state index in [0.717, 1.165) is 30.1 Å². The minimum absolute atomic E-state index is 0.0291. The number of rotatable bonds is 4. The molecule has 0 aliphatic carbocycles. The van der Waals surface area contributed by atoms with Crippen LogP contribution in [-0.2, 0) is 0 Å². The molecule has 1 amide bonds. The summed E-state index contributed by atoms with van der Waals surface area (Å²) in [7, 11) is 0. The molecule has 9 nitrogen and oxygen atoms in total. The number of carbonyl (C=O) groups is 1. The highest BCUT2D eigenvalue weighted by Gasteiger charge is 2.25. The topological polar surface area (TPSA) is 106 Å². The largest absolute Gasteiger partial charge is 0.490 e. The number of fused-ring (bicyclic) bond motifs is 2. The van der Waals surface area contributed by atoms with Crippen molar-refractivity contribution >= 4 is 44.8 Å². The Morgan fingerprint density at radius 1 is 1.16 bits per heavy atom. The molecule has 0 radical (unpaired) electrons. The number of terminal acetylenes is 1. The predicted octanol–water partition coefficient (Wildman–Crippen LogP) is 2.95. The van der Waals surface area contributed by atoms with E-state index in [1.165, 1.54) is 15.9 Å². The van der Waals surface area contributed by atoms with Gasteiger partial charge in [-0.05, 0) is 42.8 Å². The molecule has 0 bridgehead atoms. The van der Waals surface area contributed by atoms with E-state index in [4.69, 9.17) is 16.9 Å². The van der Waals surface area contributed by atoms with Crippen LogP contribution in [-0.4, -0.2) is 52.6 Å². The van der Waals surface area contributed by atoms with Gasteiger partial charge >= 0.3 is 0 Å². The standard InChI is InChI=1S/C27H24N6O3S/c1-2-31-11-10-17(16-31)29-25(34)23-15-21-26(37-23)30-24(28)27(35)33(21)19-8-9-22-20(14-19)32(12-13-36-22)18-6-4-3-5-7-18/h1,3-9,14-15,17H,10-13,16H2,(H2,28,30)(H,29,34)/t17-/m0/s1. The maximum absolute atomic E-state index is 13.2. The zero-order valence-corrected chi connectivity index (χ0v) is 20.7. The number of benzene rings is 2. The van der Waals surface area contributed by atoms with Crippen LogP contribution in [0.4, 0.5) is 17.2 Å². The van der Waals surface area contributed by atoms with Crippen LogP contribution in [0.3, 0.4) is 0 Å². The van der Waals surface area contributed by atoms with E-state index in [2.05, 4.69) is 21.2 Å². The van der Waals surface area contributed by atoms with E-state index < -0.39 is 5.56 Å². The van der Waals surface area contributed by atoms with E-state index in [0.29, 0.717) is 40.6 Å². The number of nitrogens with one attached hydrogen (secondary N) is 1. The number of para-hydroxylation sites is 1.